The summed E-state index contributed by atoms with van der Waals surface area (Å²) in [4.78, 5) is 0. The fraction of sp³-hybridized carbons (Fsp3) is 0.250. The maximum atomic E-state index is 9.57. The van der Waals surface area contributed by atoms with Crippen molar-refractivity contribution in [3.63, 3.8) is 0 Å². The number of hydrogen-bond acceptors (Lipinski definition) is 3. The molecule has 2 rings (SSSR count). The number of halogens is 1. The summed E-state index contributed by atoms with van der Waals surface area (Å²) in [5.74, 6) is 0.612. The first-order valence-corrected chi connectivity index (χ1v) is 5.97. The lowest BCUT2D eigenvalue weighted by Crippen LogP contribution is -2.03. The second kappa shape index (κ2) is 4.79. The lowest BCUT2D eigenvalue weighted by molar-refractivity contribution is 0.279. The number of rotatable bonds is 3. The number of aryl methyl sites for hydroxylation is 2. The van der Waals surface area contributed by atoms with Gasteiger partial charge in [0.2, 0.25) is 0 Å². The minimum absolute atomic E-state index is 0.141. The number of ether oxygens (including phenoxy) is 1. The Kier molecular flexibility index (Phi) is 3.38. The van der Waals surface area contributed by atoms with E-state index in [1.807, 2.05) is 20.0 Å². The molecule has 90 valence electrons. The van der Waals surface area contributed by atoms with Crippen molar-refractivity contribution in [2.75, 3.05) is 0 Å². The van der Waals surface area contributed by atoms with Crippen LogP contribution in [0, 0.1) is 6.92 Å². The van der Waals surface area contributed by atoms with Gasteiger partial charge in [-0.2, -0.15) is 5.10 Å². The fourth-order valence-electron chi connectivity index (χ4n) is 1.56. The number of aromatic hydroxyl groups is 1. The minimum atomic E-state index is 0.141. The molecule has 17 heavy (non-hydrogen) atoms. The van der Waals surface area contributed by atoms with Crippen molar-refractivity contribution < 1.29 is 9.84 Å². The zero-order valence-electron chi connectivity index (χ0n) is 9.64. The third-order valence-corrected chi connectivity index (χ3v) is 3.52. The predicted octanol–water partition coefficient (Wildman–Crippen LogP) is 2.78. The zero-order chi connectivity index (χ0) is 12.4. The Morgan fingerprint density at radius 1 is 1.41 bits per heavy atom. The van der Waals surface area contributed by atoms with Crippen LogP contribution in [0.5, 0.6) is 11.5 Å². The van der Waals surface area contributed by atoms with Gasteiger partial charge in [0.25, 0.3) is 0 Å². The van der Waals surface area contributed by atoms with Crippen LogP contribution < -0.4 is 4.74 Å². The van der Waals surface area contributed by atoms with Gasteiger partial charge in [-0.3, -0.25) is 4.68 Å². The molecule has 0 aliphatic carbocycles. The van der Waals surface area contributed by atoms with Crippen molar-refractivity contribution in [1.82, 2.24) is 9.78 Å². The first-order valence-electron chi connectivity index (χ1n) is 5.18. The van der Waals surface area contributed by atoms with E-state index in [4.69, 9.17) is 4.74 Å². The van der Waals surface area contributed by atoms with E-state index in [1.165, 1.54) is 0 Å². The van der Waals surface area contributed by atoms with Crippen LogP contribution in [0.1, 0.15) is 11.4 Å². The summed E-state index contributed by atoms with van der Waals surface area (Å²) in [7, 11) is 1.86. The molecule has 0 atom stereocenters. The molecule has 1 N–H and O–H groups in total. The molecule has 2 aromatic rings. The van der Waals surface area contributed by atoms with Crippen LogP contribution in [0.3, 0.4) is 0 Å². The third-order valence-electron chi connectivity index (χ3n) is 2.49. The van der Waals surface area contributed by atoms with Gasteiger partial charge in [-0.15, -0.1) is 0 Å². The molecule has 1 aromatic heterocycles. The van der Waals surface area contributed by atoms with Crippen LogP contribution in [0.25, 0.3) is 0 Å². The second-order valence-electron chi connectivity index (χ2n) is 3.73. The molecule has 0 bridgehead atoms. The van der Waals surface area contributed by atoms with Gasteiger partial charge in [0, 0.05) is 7.05 Å². The van der Waals surface area contributed by atoms with E-state index in [1.54, 1.807) is 22.9 Å². The molecule has 1 aromatic carbocycles. The van der Waals surface area contributed by atoms with Crippen molar-refractivity contribution in [1.29, 1.82) is 0 Å². The molecule has 0 amide bonds. The highest BCUT2D eigenvalue weighted by atomic mass is 79.9. The quantitative estimate of drug-likeness (QED) is 0.947. The van der Waals surface area contributed by atoms with E-state index >= 15 is 0 Å². The van der Waals surface area contributed by atoms with Gasteiger partial charge in [0.15, 0.2) is 11.5 Å². The highest BCUT2D eigenvalue weighted by Crippen LogP contribution is 2.27. The monoisotopic (exact) mass is 296 g/mol. The van der Waals surface area contributed by atoms with Crippen LogP contribution in [0.15, 0.2) is 28.7 Å². The van der Waals surface area contributed by atoms with E-state index in [0.717, 1.165) is 15.9 Å². The average molecular weight is 297 g/mol. The van der Waals surface area contributed by atoms with Gasteiger partial charge in [-0.05, 0) is 35.0 Å². The number of phenols is 1. The predicted molar refractivity (Wildman–Crippen MR) is 68.1 cm³/mol. The molecule has 5 heteroatoms. The molecule has 1 heterocycles. The molecule has 0 spiro atoms. The maximum Gasteiger partial charge on any atom is 0.161 e. The highest BCUT2D eigenvalue weighted by Gasteiger charge is 2.11. The van der Waals surface area contributed by atoms with Crippen LogP contribution in [0.2, 0.25) is 0 Å². The summed E-state index contributed by atoms with van der Waals surface area (Å²) in [6.45, 7) is 2.28. The molecule has 0 aliphatic rings. The number of phenolic OH excluding ortho intramolecular Hbond substituents is 1. The lowest BCUT2D eigenvalue weighted by atomic mass is 10.3. The average Bonchev–Trinajstić information content (AvgIpc) is 2.53. The Bertz CT molecular complexity index is 537. The first-order chi connectivity index (χ1) is 8.09. The topological polar surface area (TPSA) is 47.3 Å². The lowest BCUT2D eigenvalue weighted by Gasteiger charge is -2.08. The van der Waals surface area contributed by atoms with Crippen LogP contribution in [-0.4, -0.2) is 14.9 Å². The van der Waals surface area contributed by atoms with Crippen molar-refractivity contribution in [2.45, 2.75) is 13.5 Å². The number of aromatic nitrogens is 2. The van der Waals surface area contributed by atoms with E-state index in [-0.39, 0.29) is 5.75 Å². The van der Waals surface area contributed by atoms with Crippen LogP contribution in [-0.2, 0) is 13.7 Å². The summed E-state index contributed by atoms with van der Waals surface area (Å²) in [5.41, 5.74) is 1.86. The number of benzene rings is 1. The standard InChI is InChI=1S/C12H13BrN2O2/c1-8-12(13)9(15(2)14-8)7-17-11-6-4-3-5-10(11)16/h3-6,16H,7H2,1-2H3. The van der Waals surface area contributed by atoms with Gasteiger partial charge in [0.1, 0.15) is 6.61 Å². The zero-order valence-corrected chi connectivity index (χ0v) is 11.2. The van der Waals surface area contributed by atoms with Gasteiger partial charge in [-0.25, -0.2) is 0 Å². The van der Waals surface area contributed by atoms with Gasteiger partial charge >= 0.3 is 0 Å². The Morgan fingerprint density at radius 2 is 2.12 bits per heavy atom. The minimum Gasteiger partial charge on any atom is -0.504 e. The van der Waals surface area contributed by atoms with E-state index in [0.29, 0.717) is 12.4 Å². The molecular weight excluding hydrogens is 284 g/mol. The summed E-state index contributed by atoms with van der Waals surface area (Å²) in [6.07, 6.45) is 0. The number of para-hydroxylation sites is 2. The Hall–Kier alpha value is -1.49. The van der Waals surface area contributed by atoms with Gasteiger partial charge in [-0.1, -0.05) is 12.1 Å². The Labute approximate surface area is 108 Å². The smallest absolute Gasteiger partial charge is 0.161 e. The summed E-state index contributed by atoms with van der Waals surface area (Å²) < 4.78 is 8.26. The molecule has 0 saturated carbocycles. The highest BCUT2D eigenvalue weighted by molar-refractivity contribution is 9.10. The summed E-state index contributed by atoms with van der Waals surface area (Å²) in [5, 5.41) is 13.8. The third kappa shape index (κ3) is 2.44. The van der Waals surface area contributed by atoms with Crippen molar-refractivity contribution >= 4 is 15.9 Å². The Morgan fingerprint density at radius 3 is 2.71 bits per heavy atom. The normalized spacial score (nSPS) is 10.5. The molecule has 0 aliphatic heterocycles. The summed E-state index contributed by atoms with van der Waals surface area (Å²) >= 11 is 3.47. The van der Waals surface area contributed by atoms with E-state index < -0.39 is 0 Å². The van der Waals surface area contributed by atoms with Crippen molar-refractivity contribution in [3.05, 3.63) is 40.1 Å². The number of nitrogens with zero attached hydrogens (tertiary/aromatic N) is 2. The van der Waals surface area contributed by atoms with E-state index in [2.05, 4.69) is 21.0 Å². The molecule has 0 unspecified atom stereocenters. The van der Waals surface area contributed by atoms with Crippen LogP contribution in [0.4, 0.5) is 0 Å². The largest absolute Gasteiger partial charge is 0.504 e. The fourth-order valence-corrected chi connectivity index (χ4v) is 2.01. The summed E-state index contributed by atoms with van der Waals surface area (Å²) in [6, 6.07) is 6.90. The second-order valence-corrected chi connectivity index (χ2v) is 4.52. The van der Waals surface area contributed by atoms with Gasteiger partial charge < -0.3 is 9.84 Å². The van der Waals surface area contributed by atoms with Crippen molar-refractivity contribution in [3.8, 4) is 11.5 Å². The van der Waals surface area contributed by atoms with Crippen molar-refractivity contribution in [2.24, 2.45) is 7.05 Å². The van der Waals surface area contributed by atoms with E-state index in [9.17, 15) is 5.11 Å². The Balaban J connectivity index is 2.15. The van der Waals surface area contributed by atoms with Gasteiger partial charge in [0.05, 0.1) is 15.9 Å². The SMILES string of the molecule is Cc1nn(C)c(COc2ccccc2O)c1Br. The molecule has 0 fully saturated rings. The molecule has 0 saturated heterocycles. The first kappa shape index (κ1) is 12.0. The molecule has 4 nitrogen and oxygen atoms in total. The van der Waals surface area contributed by atoms with Crippen LogP contribution >= 0.6 is 15.9 Å². The number of hydrogen-bond donors (Lipinski definition) is 1. The maximum absolute atomic E-state index is 9.57. The molecule has 0 radical (unpaired) electrons. The molecular formula is C12H13BrN2O2.